The van der Waals surface area contributed by atoms with Gasteiger partial charge in [-0.2, -0.15) is 13.2 Å². The van der Waals surface area contributed by atoms with E-state index in [4.69, 9.17) is 0 Å². The maximum atomic E-state index is 12.9. The van der Waals surface area contributed by atoms with Crippen molar-refractivity contribution in [2.45, 2.75) is 22.1 Å². The number of nitrogens with zero attached hydrogens (tertiary/aromatic N) is 2. The number of rotatable bonds is 3. The number of aliphatic hydroxyl groups is 1. The summed E-state index contributed by atoms with van der Waals surface area (Å²) in [6.45, 7) is 0.927. The van der Waals surface area contributed by atoms with Crippen LogP contribution in [-0.2, 0) is 16.0 Å². The second kappa shape index (κ2) is 6.46. The Kier molecular flexibility index (Phi) is 4.31. The lowest BCUT2D eigenvalue weighted by Crippen LogP contribution is -2.50. The maximum Gasteiger partial charge on any atom is 0.416 e. The minimum Gasteiger partial charge on any atom is -0.389 e. The first-order valence-electron chi connectivity index (χ1n) is 8.40. The molecule has 0 aliphatic carbocycles. The first kappa shape index (κ1) is 18.7. The number of aliphatic hydroxyl groups excluding tert-OH is 1. The van der Waals surface area contributed by atoms with Crippen molar-refractivity contribution in [3.63, 3.8) is 0 Å². The van der Waals surface area contributed by atoms with E-state index in [9.17, 15) is 26.7 Å². The van der Waals surface area contributed by atoms with Crippen LogP contribution in [0.1, 0.15) is 5.56 Å². The maximum absolute atomic E-state index is 12.9. The Hall–Kier alpha value is -2.65. The number of halogens is 3. The van der Waals surface area contributed by atoms with Crippen LogP contribution in [0.15, 0.2) is 64.5 Å². The predicted molar refractivity (Wildman–Crippen MR) is 96.9 cm³/mol. The molecule has 0 bridgehead atoms. The molecule has 0 unspecified atom stereocenters. The van der Waals surface area contributed by atoms with Gasteiger partial charge in [0.15, 0.2) is 0 Å². The average molecular weight is 408 g/mol. The molecule has 146 valence electrons. The lowest BCUT2D eigenvalue weighted by molar-refractivity contribution is -0.137. The monoisotopic (exact) mass is 408 g/mol. The van der Waals surface area contributed by atoms with E-state index in [1.165, 1.54) is 6.07 Å². The van der Waals surface area contributed by atoms with Crippen LogP contribution in [0.2, 0.25) is 0 Å². The Morgan fingerprint density at radius 3 is 2.43 bits per heavy atom. The molecule has 2 aromatic carbocycles. The normalized spacial score (nSPS) is 15.6. The molecule has 0 saturated carbocycles. The molecule has 1 N–H and O–H groups in total. The number of β-amino-alcohol motifs (C(OH)–C–C–N with tert-alkyl or cyclic N) is 1. The van der Waals surface area contributed by atoms with Gasteiger partial charge in [-0.3, -0.25) is 4.98 Å². The summed E-state index contributed by atoms with van der Waals surface area (Å²) in [5, 5.41) is 10.0. The average Bonchev–Trinajstić information content (AvgIpc) is 2.64. The number of anilines is 1. The zero-order valence-corrected chi connectivity index (χ0v) is 15.2. The molecule has 2 heterocycles. The summed E-state index contributed by atoms with van der Waals surface area (Å²) in [5.74, 6) is 0. The Morgan fingerprint density at radius 2 is 1.75 bits per heavy atom. The van der Waals surface area contributed by atoms with Gasteiger partial charge in [-0.05, 0) is 30.3 Å². The van der Waals surface area contributed by atoms with Gasteiger partial charge >= 0.3 is 6.18 Å². The minimum absolute atomic E-state index is 0.180. The van der Waals surface area contributed by atoms with Crippen molar-refractivity contribution in [2.24, 2.45) is 0 Å². The van der Waals surface area contributed by atoms with Crippen LogP contribution in [0.25, 0.3) is 10.9 Å². The third-order valence-corrected chi connectivity index (χ3v) is 6.37. The van der Waals surface area contributed by atoms with Crippen LogP contribution in [0, 0.1) is 0 Å². The molecule has 0 radical (unpaired) electrons. The number of benzene rings is 2. The molecule has 1 aromatic heterocycles. The summed E-state index contributed by atoms with van der Waals surface area (Å²) in [5.41, 5.74) is 0.309. The number of aromatic nitrogens is 1. The fourth-order valence-corrected chi connectivity index (χ4v) is 4.44. The minimum atomic E-state index is -4.64. The van der Waals surface area contributed by atoms with Gasteiger partial charge in [0.2, 0.25) is 9.84 Å². The van der Waals surface area contributed by atoms with Crippen LogP contribution < -0.4 is 4.90 Å². The number of alkyl halides is 3. The first-order valence-corrected chi connectivity index (χ1v) is 9.89. The van der Waals surface area contributed by atoms with Crippen molar-refractivity contribution in [2.75, 3.05) is 18.0 Å². The van der Waals surface area contributed by atoms with E-state index in [-0.39, 0.29) is 4.90 Å². The van der Waals surface area contributed by atoms with Crippen molar-refractivity contribution >= 4 is 26.4 Å². The van der Waals surface area contributed by atoms with Crippen molar-refractivity contribution in [1.82, 2.24) is 4.98 Å². The molecule has 1 aliphatic rings. The predicted octanol–water partition coefficient (Wildman–Crippen LogP) is 3.27. The van der Waals surface area contributed by atoms with Gasteiger partial charge in [0.05, 0.1) is 32.7 Å². The van der Waals surface area contributed by atoms with E-state index in [1.807, 2.05) is 11.0 Å². The standard InChI is InChI=1S/C19H15F3N2O3S/c20-19(21,22)13-4-2-5-15(8-13)28(26,27)16-7-12-3-1-6-17(18(12)23-9-16)24-10-14(25)11-24/h1-9,14,25H,10-11H2. The fraction of sp³-hybridized carbons (Fsp3) is 0.211. The summed E-state index contributed by atoms with van der Waals surface area (Å²) in [4.78, 5) is 5.55. The molecule has 9 heteroatoms. The smallest absolute Gasteiger partial charge is 0.389 e. The van der Waals surface area contributed by atoms with Gasteiger partial charge in [-0.25, -0.2) is 8.42 Å². The second-order valence-electron chi connectivity index (χ2n) is 6.61. The molecule has 4 rings (SSSR count). The number of sulfone groups is 1. The second-order valence-corrected chi connectivity index (χ2v) is 8.56. The van der Waals surface area contributed by atoms with E-state index < -0.39 is 32.6 Å². The molecule has 3 aromatic rings. The topological polar surface area (TPSA) is 70.5 Å². The molecule has 1 aliphatic heterocycles. The highest BCUT2D eigenvalue weighted by Gasteiger charge is 2.32. The van der Waals surface area contributed by atoms with Gasteiger partial charge in [0.1, 0.15) is 0 Å². The Morgan fingerprint density at radius 1 is 1.04 bits per heavy atom. The fourth-order valence-electron chi connectivity index (χ4n) is 3.15. The van der Waals surface area contributed by atoms with Crippen LogP contribution >= 0.6 is 0 Å². The van der Waals surface area contributed by atoms with Crippen LogP contribution in [0.5, 0.6) is 0 Å². The third kappa shape index (κ3) is 3.20. The van der Waals surface area contributed by atoms with Crippen molar-refractivity contribution < 1.29 is 26.7 Å². The largest absolute Gasteiger partial charge is 0.416 e. The van der Waals surface area contributed by atoms with Gasteiger partial charge in [-0.1, -0.05) is 18.2 Å². The first-order chi connectivity index (χ1) is 13.2. The lowest BCUT2D eigenvalue weighted by Gasteiger charge is -2.38. The molecule has 1 saturated heterocycles. The molecule has 0 atom stereocenters. The van der Waals surface area contributed by atoms with Crippen LogP contribution in [-0.4, -0.2) is 37.7 Å². The SMILES string of the molecule is O=S(=O)(c1cccc(C(F)(F)F)c1)c1cnc2c(N3CC(O)C3)cccc2c1. The van der Waals surface area contributed by atoms with Crippen molar-refractivity contribution in [3.05, 3.63) is 60.3 Å². The van der Waals surface area contributed by atoms with Crippen LogP contribution in [0.3, 0.4) is 0 Å². The highest BCUT2D eigenvalue weighted by molar-refractivity contribution is 7.91. The molecular weight excluding hydrogens is 393 g/mol. The highest BCUT2D eigenvalue weighted by Crippen LogP contribution is 2.33. The van der Waals surface area contributed by atoms with Crippen molar-refractivity contribution in [1.29, 1.82) is 0 Å². The Labute approximate surface area is 159 Å². The van der Waals surface area contributed by atoms with Gasteiger partial charge in [0.25, 0.3) is 0 Å². The summed E-state index contributed by atoms with van der Waals surface area (Å²) in [6, 6.07) is 10.3. The van der Waals surface area contributed by atoms with E-state index in [1.54, 1.807) is 12.1 Å². The summed E-state index contributed by atoms with van der Waals surface area (Å²) >= 11 is 0. The number of para-hydroxylation sites is 1. The van der Waals surface area contributed by atoms with Crippen molar-refractivity contribution in [3.8, 4) is 0 Å². The highest BCUT2D eigenvalue weighted by atomic mass is 32.2. The molecule has 0 spiro atoms. The summed E-state index contributed by atoms with van der Waals surface area (Å²) < 4.78 is 64.4. The number of hydrogen-bond acceptors (Lipinski definition) is 5. The Balaban J connectivity index is 1.77. The molecule has 28 heavy (non-hydrogen) atoms. The quantitative estimate of drug-likeness (QED) is 0.720. The van der Waals surface area contributed by atoms with Gasteiger partial charge in [0, 0.05) is 24.7 Å². The molecular formula is C19H15F3N2O3S. The van der Waals surface area contributed by atoms with E-state index in [0.717, 1.165) is 30.1 Å². The number of pyridine rings is 1. The number of fused-ring (bicyclic) bond motifs is 1. The van der Waals surface area contributed by atoms with Gasteiger partial charge in [-0.15, -0.1) is 0 Å². The van der Waals surface area contributed by atoms with E-state index >= 15 is 0 Å². The lowest BCUT2D eigenvalue weighted by atomic mass is 10.1. The van der Waals surface area contributed by atoms with E-state index in [0.29, 0.717) is 30.1 Å². The van der Waals surface area contributed by atoms with Crippen LogP contribution in [0.4, 0.5) is 18.9 Å². The number of hydrogen-bond donors (Lipinski definition) is 1. The molecule has 1 fully saturated rings. The molecule has 5 nitrogen and oxygen atoms in total. The zero-order valence-electron chi connectivity index (χ0n) is 14.4. The molecule has 0 amide bonds. The summed E-state index contributed by atoms with van der Waals surface area (Å²) in [6.07, 6.45) is -3.89. The summed E-state index contributed by atoms with van der Waals surface area (Å²) in [7, 11) is -4.16. The van der Waals surface area contributed by atoms with E-state index in [2.05, 4.69) is 4.98 Å². The van der Waals surface area contributed by atoms with Gasteiger partial charge < -0.3 is 10.0 Å². The Bertz CT molecular complexity index is 1160. The third-order valence-electron chi connectivity index (χ3n) is 4.65. The zero-order chi connectivity index (χ0) is 20.1.